The number of carbonyl (C=O) groups excluding carboxylic acids is 3. The summed E-state index contributed by atoms with van der Waals surface area (Å²) in [6, 6.07) is 5.92. The second-order valence-electron chi connectivity index (χ2n) is 13.4. The highest BCUT2D eigenvalue weighted by Gasteiger charge is 2.50. The van der Waals surface area contributed by atoms with Crippen LogP contribution in [0, 0.1) is 19.8 Å². The molecule has 9 nitrogen and oxygen atoms in total. The Labute approximate surface area is 260 Å². The molecule has 45 heavy (non-hydrogen) atoms. The number of benzene rings is 1. The van der Waals surface area contributed by atoms with Crippen molar-refractivity contribution in [2.75, 3.05) is 47.9 Å². The Balaban J connectivity index is 1.48. The van der Waals surface area contributed by atoms with Crippen molar-refractivity contribution in [2.24, 2.45) is 5.92 Å². The summed E-state index contributed by atoms with van der Waals surface area (Å²) in [4.78, 5) is 50.2. The molecule has 0 unspecified atom stereocenters. The average Bonchev–Trinajstić information content (AvgIpc) is 3.24. The third kappa shape index (κ3) is 6.57. The third-order valence-corrected chi connectivity index (χ3v) is 8.66. The van der Waals surface area contributed by atoms with E-state index in [2.05, 4.69) is 4.98 Å². The van der Waals surface area contributed by atoms with Gasteiger partial charge in [-0.2, -0.15) is 13.2 Å². The summed E-state index contributed by atoms with van der Waals surface area (Å²) in [6.07, 6.45) is -5.17. The number of aryl methyl sites for hydroxylation is 2. The summed E-state index contributed by atoms with van der Waals surface area (Å²) in [5.74, 6) is -1.88. The number of piperidine rings is 1. The van der Waals surface area contributed by atoms with Crippen molar-refractivity contribution >= 4 is 35.1 Å². The van der Waals surface area contributed by atoms with Gasteiger partial charge in [-0.3, -0.25) is 14.5 Å². The van der Waals surface area contributed by atoms with Gasteiger partial charge in [-0.15, -0.1) is 0 Å². The lowest BCUT2D eigenvalue weighted by atomic mass is 9.90. The van der Waals surface area contributed by atoms with Crippen LogP contribution in [0.3, 0.4) is 0 Å². The van der Waals surface area contributed by atoms with E-state index in [4.69, 9.17) is 4.74 Å². The molecule has 3 amide bonds. The van der Waals surface area contributed by atoms with Gasteiger partial charge in [0.05, 0.1) is 23.5 Å². The highest BCUT2D eigenvalue weighted by Crippen LogP contribution is 2.43. The zero-order valence-corrected chi connectivity index (χ0v) is 26.4. The molecular formula is C32H39F4N5O4. The van der Waals surface area contributed by atoms with Crippen molar-refractivity contribution in [2.45, 2.75) is 77.4 Å². The fourth-order valence-electron chi connectivity index (χ4n) is 6.56. The van der Waals surface area contributed by atoms with Gasteiger partial charge >= 0.3 is 12.3 Å². The summed E-state index contributed by atoms with van der Waals surface area (Å²) in [6.45, 7) is 8.95. The smallest absolute Gasteiger partial charge is 0.416 e. The molecule has 0 aliphatic carbocycles. The minimum atomic E-state index is -4.67. The standard InChI is InChI=1S/C32H39F4N5O4/c1-19-8-7-9-23-26(19)40(18-31(33)10-12-39(13-11-31)29(44)45-30(3,4)5)17-21-15-25(42)41(27(21)28(43)38(23)6)24-16-22(32(34,35)36)14-20(2)37-24/h7-9,14,16,21,27H,10-13,15,17-18H2,1-6H3/t21-,27+/m1/s1. The lowest BCUT2D eigenvalue weighted by molar-refractivity contribution is -0.137. The van der Waals surface area contributed by atoms with Crippen molar-refractivity contribution in [3.8, 4) is 0 Å². The molecule has 2 atom stereocenters. The number of likely N-dealkylation sites (N-methyl/N-ethyl adjacent to an activating group) is 1. The molecule has 2 fully saturated rings. The summed E-state index contributed by atoms with van der Waals surface area (Å²) in [7, 11) is 1.55. The van der Waals surface area contributed by atoms with Crippen LogP contribution in [0.5, 0.6) is 0 Å². The first-order valence-electron chi connectivity index (χ1n) is 15.0. The van der Waals surface area contributed by atoms with Gasteiger partial charge in [0.2, 0.25) is 11.8 Å². The molecule has 2 saturated heterocycles. The lowest BCUT2D eigenvalue weighted by Crippen LogP contribution is -2.55. The Bertz CT molecular complexity index is 1500. The minimum Gasteiger partial charge on any atom is -0.444 e. The Kier molecular flexibility index (Phi) is 8.28. The first-order chi connectivity index (χ1) is 20.9. The molecule has 13 heteroatoms. The quantitative estimate of drug-likeness (QED) is 0.406. The number of halogens is 4. The number of para-hydroxylation sites is 1. The van der Waals surface area contributed by atoms with Gasteiger partial charge < -0.3 is 19.4 Å². The minimum absolute atomic E-state index is 0.0578. The number of anilines is 3. The Morgan fingerprint density at radius 1 is 1.09 bits per heavy atom. The van der Waals surface area contributed by atoms with Crippen LogP contribution in [0.4, 0.5) is 39.5 Å². The van der Waals surface area contributed by atoms with Crippen LogP contribution >= 0.6 is 0 Å². The van der Waals surface area contributed by atoms with E-state index in [1.165, 1.54) is 16.7 Å². The van der Waals surface area contributed by atoms with E-state index in [1.807, 2.05) is 17.9 Å². The van der Waals surface area contributed by atoms with Crippen LogP contribution in [-0.2, 0) is 20.5 Å². The van der Waals surface area contributed by atoms with Crippen molar-refractivity contribution in [3.63, 3.8) is 0 Å². The largest absolute Gasteiger partial charge is 0.444 e. The highest BCUT2D eigenvalue weighted by molar-refractivity contribution is 6.10. The molecule has 3 aliphatic rings. The average molecular weight is 634 g/mol. The van der Waals surface area contributed by atoms with E-state index < -0.39 is 52.9 Å². The van der Waals surface area contributed by atoms with E-state index in [0.29, 0.717) is 11.4 Å². The monoisotopic (exact) mass is 633 g/mol. The van der Waals surface area contributed by atoms with Gasteiger partial charge in [-0.1, -0.05) is 12.1 Å². The number of ether oxygens (including phenoxy) is 1. The number of nitrogens with zero attached hydrogens (tertiary/aromatic N) is 5. The number of fused-ring (bicyclic) bond motifs is 2. The number of hydrogen-bond acceptors (Lipinski definition) is 6. The van der Waals surface area contributed by atoms with Crippen molar-refractivity contribution in [1.82, 2.24) is 9.88 Å². The van der Waals surface area contributed by atoms with Gasteiger partial charge in [0, 0.05) is 57.6 Å². The Morgan fingerprint density at radius 3 is 2.38 bits per heavy atom. The molecule has 0 saturated carbocycles. The number of hydrogen-bond donors (Lipinski definition) is 0. The van der Waals surface area contributed by atoms with E-state index in [-0.39, 0.29) is 57.0 Å². The zero-order chi connectivity index (χ0) is 33.1. The van der Waals surface area contributed by atoms with Gasteiger partial charge in [-0.25, -0.2) is 14.2 Å². The van der Waals surface area contributed by atoms with Crippen LogP contribution in [0.2, 0.25) is 0 Å². The van der Waals surface area contributed by atoms with E-state index in [1.54, 1.807) is 40.0 Å². The predicted octanol–water partition coefficient (Wildman–Crippen LogP) is 5.66. The Morgan fingerprint density at radius 2 is 1.76 bits per heavy atom. The molecule has 0 bridgehead atoms. The number of alkyl halides is 4. The number of rotatable bonds is 3. The van der Waals surface area contributed by atoms with Crippen molar-refractivity contribution in [3.05, 3.63) is 47.2 Å². The summed E-state index contributed by atoms with van der Waals surface area (Å²) in [5, 5.41) is 0. The fourth-order valence-corrected chi connectivity index (χ4v) is 6.56. The number of amides is 3. The lowest BCUT2D eigenvalue weighted by Gasteiger charge is -2.44. The van der Waals surface area contributed by atoms with Crippen LogP contribution in [-0.4, -0.2) is 78.3 Å². The normalized spacial score (nSPS) is 22.2. The highest BCUT2D eigenvalue weighted by atomic mass is 19.4. The van der Waals surface area contributed by atoms with Crippen LogP contribution < -0.4 is 14.7 Å². The van der Waals surface area contributed by atoms with Gasteiger partial charge in [0.15, 0.2) is 0 Å². The molecule has 5 rings (SSSR count). The molecule has 244 valence electrons. The van der Waals surface area contributed by atoms with E-state index in [9.17, 15) is 27.6 Å². The van der Waals surface area contributed by atoms with E-state index in [0.717, 1.165) is 22.6 Å². The maximum absolute atomic E-state index is 16.6. The Hall–Kier alpha value is -3.90. The molecule has 1 aromatic heterocycles. The summed E-state index contributed by atoms with van der Waals surface area (Å²) in [5.41, 5.74) is -1.33. The fraction of sp³-hybridized carbons (Fsp3) is 0.562. The number of pyridine rings is 1. The molecule has 0 spiro atoms. The third-order valence-electron chi connectivity index (χ3n) is 8.66. The first-order valence-corrected chi connectivity index (χ1v) is 15.0. The summed E-state index contributed by atoms with van der Waals surface area (Å²) >= 11 is 0. The van der Waals surface area contributed by atoms with Crippen molar-refractivity contribution in [1.29, 1.82) is 0 Å². The maximum Gasteiger partial charge on any atom is 0.416 e. The van der Waals surface area contributed by atoms with Gasteiger partial charge in [0.1, 0.15) is 23.1 Å². The number of carbonyl (C=O) groups is 3. The predicted molar refractivity (Wildman–Crippen MR) is 161 cm³/mol. The molecule has 4 heterocycles. The van der Waals surface area contributed by atoms with Crippen molar-refractivity contribution < 1.29 is 36.7 Å². The van der Waals surface area contributed by atoms with Crippen LogP contribution in [0.15, 0.2) is 30.3 Å². The van der Waals surface area contributed by atoms with Crippen LogP contribution in [0.25, 0.3) is 0 Å². The molecule has 1 aromatic carbocycles. The topological polar surface area (TPSA) is 86.3 Å². The number of aromatic nitrogens is 1. The second-order valence-corrected chi connectivity index (χ2v) is 13.4. The van der Waals surface area contributed by atoms with E-state index >= 15 is 4.39 Å². The molecule has 3 aliphatic heterocycles. The van der Waals surface area contributed by atoms with Gasteiger partial charge in [-0.05, 0) is 58.4 Å². The maximum atomic E-state index is 16.6. The second kappa shape index (κ2) is 11.5. The summed E-state index contributed by atoms with van der Waals surface area (Å²) < 4.78 is 63.2. The molecule has 0 N–H and O–H groups in total. The number of likely N-dealkylation sites (tertiary alicyclic amines) is 1. The molecular weight excluding hydrogens is 594 g/mol. The van der Waals surface area contributed by atoms with Crippen LogP contribution in [0.1, 0.15) is 56.9 Å². The molecule has 0 radical (unpaired) electrons. The first kappa shape index (κ1) is 32.5. The SMILES string of the molecule is Cc1cc(C(F)(F)F)cc(N2C(=O)C[C@@H]3CN(CC4(F)CCN(C(=O)OC(C)(C)C)CC4)c4c(C)cccc4N(C)C(=O)[C@H]32)n1. The van der Waals surface area contributed by atoms with Gasteiger partial charge in [0.25, 0.3) is 0 Å². The zero-order valence-electron chi connectivity index (χ0n) is 26.4. The molecule has 2 aromatic rings.